The molecular formula is C8H18ClNO3. The maximum absolute atomic E-state index is 10.3. The Morgan fingerprint density at radius 2 is 1.85 bits per heavy atom. The van der Waals surface area contributed by atoms with Gasteiger partial charge in [-0.1, -0.05) is 20.8 Å². The number of aliphatic carboxylic acids is 1. The lowest BCUT2D eigenvalue weighted by Crippen LogP contribution is -2.38. The molecule has 0 aliphatic heterocycles. The Morgan fingerprint density at radius 1 is 1.46 bits per heavy atom. The van der Waals surface area contributed by atoms with Crippen LogP contribution < -0.4 is 5.73 Å². The van der Waals surface area contributed by atoms with Crippen LogP contribution in [0.3, 0.4) is 0 Å². The molecule has 0 aromatic carbocycles. The average Bonchev–Trinajstić information content (AvgIpc) is 1.85. The number of rotatable bonds is 3. The minimum Gasteiger partial charge on any atom is -0.480 e. The molecule has 0 saturated heterocycles. The highest BCUT2D eigenvalue weighted by Crippen LogP contribution is 2.22. The monoisotopic (exact) mass is 211 g/mol. The predicted octanol–water partition coefficient (Wildman–Crippen LogP) is 0.617. The predicted molar refractivity (Wildman–Crippen MR) is 52.9 cm³/mol. The highest BCUT2D eigenvalue weighted by Gasteiger charge is 2.26. The van der Waals surface area contributed by atoms with E-state index in [0.29, 0.717) is 0 Å². The van der Waals surface area contributed by atoms with E-state index in [1.807, 2.05) is 20.8 Å². The number of carbonyl (C=O) groups is 1. The van der Waals surface area contributed by atoms with Crippen molar-refractivity contribution in [1.82, 2.24) is 0 Å². The van der Waals surface area contributed by atoms with Crippen molar-refractivity contribution in [2.45, 2.75) is 39.3 Å². The normalized spacial score (nSPS) is 15.8. The van der Waals surface area contributed by atoms with E-state index in [9.17, 15) is 9.90 Å². The largest absolute Gasteiger partial charge is 0.480 e. The van der Waals surface area contributed by atoms with Crippen molar-refractivity contribution in [2.75, 3.05) is 0 Å². The molecule has 0 spiro atoms. The molecule has 4 N–H and O–H groups in total. The van der Waals surface area contributed by atoms with Gasteiger partial charge in [0.2, 0.25) is 0 Å². The van der Waals surface area contributed by atoms with Crippen molar-refractivity contribution < 1.29 is 15.0 Å². The molecule has 2 atom stereocenters. The third-order valence-corrected chi connectivity index (χ3v) is 1.79. The molecule has 0 radical (unpaired) electrons. The van der Waals surface area contributed by atoms with Crippen molar-refractivity contribution >= 4 is 18.4 Å². The molecular weight excluding hydrogens is 194 g/mol. The number of carboxylic acid groups (broad SMARTS) is 1. The summed E-state index contributed by atoms with van der Waals surface area (Å²) in [7, 11) is 0. The molecule has 80 valence electrons. The Kier molecular flexibility index (Phi) is 6.32. The van der Waals surface area contributed by atoms with E-state index in [-0.39, 0.29) is 24.2 Å². The van der Waals surface area contributed by atoms with Crippen LogP contribution in [0.4, 0.5) is 0 Å². The zero-order valence-corrected chi connectivity index (χ0v) is 8.97. The molecule has 5 heteroatoms. The minimum absolute atomic E-state index is 0. The van der Waals surface area contributed by atoms with Crippen LogP contribution in [0.1, 0.15) is 27.2 Å². The summed E-state index contributed by atoms with van der Waals surface area (Å²) in [6, 6.07) is -0.973. The number of halogens is 1. The van der Waals surface area contributed by atoms with Gasteiger partial charge in [-0.3, -0.25) is 4.79 Å². The van der Waals surface area contributed by atoms with Crippen LogP contribution in [0.25, 0.3) is 0 Å². The highest BCUT2D eigenvalue weighted by atomic mass is 35.5. The SMILES string of the molecule is CC(C)(C)C(O)CC(N)C(=O)O.Cl. The van der Waals surface area contributed by atoms with E-state index in [1.54, 1.807) is 0 Å². The molecule has 0 saturated carbocycles. The second kappa shape index (κ2) is 5.42. The molecule has 0 aromatic heterocycles. The number of nitrogens with two attached hydrogens (primary N) is 1. The topological polar surface area (TPSA) is 83.5 Å². The number of hydrogen-bond donors (Lipinski definition) is 3. The summed E-state index contributed by atoms with van der Waals surface area (Å²) >= 11 is 0. The van der Waals surface area contributed by atoms with Gasteiger partial charge in [0.05, 0.1) is 6.10 Å². The van der Waals surface area contributed by atoms with Crippen LogP contribution in [0.2, 0.25) is 0 Å². The maximum atomic E-state index is 10.3. The fraction of sp³-hybridized carbons (Fsp3) is 0.875. The molecule has 4 nitrogen and oxygen atoms in total. The number of hydrogen-bond acceptors (Lipinski definition) is 3. The van der Waals surface area contributed by atoms with Crippen molar-refractivity contribution in [2.24, 2.45) is 11.1 Å². The van der Waals surface area contributed by atoms with Gasteiger partial charge in [-0.15, -0.1) is 12.4 Å². The highest BCUT2D eigenvalue weighted by molar-refractivity contribution is 5.85. The Hall–Kier alpha value is -0.320. The molecule has 0 rings (SSSR count). The van der Waals surface area contributed by atoms with Gasteiger partial charge in [0.15, 0.2) is 0 Å². The van der Waals surface area contributed by atoms with E-state index in [1.165, 1.54) is 0 Å². The Labute approximate surface area is 84.5 Å². The summed E-state index contributed by atoms with van der Waals surface area (Å²) in [5.74, 6) is -1.07. The first-order chi connectivity index (χ1) is 5.25. The maximum Gasteiger partial charge on any atom is 0.320 e. The van der Waals surface area contributed by atoms with E-state index >= 15 is 0 Å². The zero-order valence-electron chi connectivity index (χ0n) is 8.15. The van der Waals surface area contributed by atoms with Gasteiger partial charge in [-0.05, 0) is 11.8 Å². The van der Waals surface area contributed by atoms with Crippen LogP contribution >= 0.6 is 12.4 Å². The standard InChI is InChI=1S/C8H17NO3.ClH/c1-8(2,3)6(10)4-5(9)7(11)12;/h5-6,10H,4,9H2,1-3H3,(H,11,12);1H. The van der Waals surface area contributed by atoms with E-state index in [0.717, 1.165) is 0 Å². The molecule has 2 unspecified atom stereocenters. The number of carboxylic acids is 1. The van der Waals surface area contributed by atoms with Gasteiger partial charge >= 0.3 is 5.97 Å². The second-order valence-electron chi connectivity index (χ2n) is 4.06. The van der Waals surface area contributed by atoms with Gasteiger partial charge < -0.3 is 15.9 Å². The van der Waals surface area contributed by atoms with E-state index in [2.05, 4.69) is 0 Å². The van der Waals surface area contributed by atoms with Crippen LogP contribution in [0.15, 0.2) is 0 Å². The molecule has 0 fully saturated rings. The lowest BCUT2D eigenvalue weighted by atomic mass is 9.85. The Bertz CT molecular complexity index is 167. The first kappa shape index (κ1) is 15.2. The molecule has 13 heavy (non-hydrogen) atoms. The molecule has 0 aliphatic rings. The fourth-order valence-corrected chi connectivity index (χ4v) is 0.695. The van der Waals surface area contributed by atoms with Gasteiger partial charge in [0, 0.05) is 0 Å². The van der Waals surface area contributed by atoms with Crippen molar-refractivity contribution in [1.29, 1.82) is 0 Å². The summed E-state index contributed by atoms with van der Waals surface area (Å²) < 4.78 is 0. The van der Waals surface area contributed by atoms with Crippen LogP contribution in [0.5, 0.6) is 0 Å². The molecule has 0 amide bonds. The molecule has 0 aliphatic carbocycles. The third kappa shape index (κ3) is 5.85. The molecule has 0 aromatic rings. The van der Waals surface area contributed by atoms with Gasteiger partial charge in [-0.25, -0.2) is 0 Å². The van der Waals surface area contributed by atoms with Crippen LogP contribution in [-0.2, 0) is 4.79 Å². The first-order valence-electron chi connectivity index (χ1n) is 3.91. The van der Waals surface area contributed by atoms with E-state index in [4.69, 9.17) is 10.8 Å². The van der Waals surface area contributed by atoms with Gasteiger partial charge in [0.25, 0.3) is 0 Å². The van der Waals surface area contributed by atoms with Crippen molar-refractivity contribution in [3.8, 4) is 0 Å². The molecule has 0 bridgehead atoms. The van der Waals surface area contributed by atoms with Crippen molar-refractivity contribution in [3.05, 3.63) is 0 Å². The quantitative estimate of drug-likeness (QED) is 0.639. The summed E-state index contributed by atoms with van der Waals surface area (Å²) in [4.78, 5) is 10.3. The second-order valence-corrected chi connectivity index (χ2v) is 4.06. The number of aliphatic hydroxyl groups excluding tert-OH is 1. The molecule has 0 heterocycles. The minimum atomic E-state index is -1.07. The number of aliphatic hydroxyl groups is 1. The first-order valence-corrected chi connectivity index (χ1v) is 3.91. The van der Waals surface area contributed by atoms with E-state index < -0.39 is 18.1 Å². The van der Waals surface area contributed by atoms with Crippen molar-refractivity contribution in [3.63, 3.8) is 0 Å². The van der Waals surface area contributed by atoms with Gasteiger partial charge in [0.1, 0.15) is 6.04 Å². The summed E-state index contributed by atoms with van der Waals surface area (Å²) in [6.07, 6.45) is -0.581. The summed E-state index contributed by atoms with van der Waals surface area (Å²) in [5.41, 5.74) is 4.94. The summed E-state index contributed by atoms with van der Waals surface area (Å²) in [5, 5.41) is 17.9. The Balaban J connectivity index is 0. The van der Waals surface area contributed by atoms with Gasteiger partial charge in [-0.2, -0.15) is 0 Å². The third-order valence-electron chi connectivity index (χ3n) is 1.79. The lowest BCUT2D eigenvalue weighted by Gasteiger charge is -2.26. The fourth-order valence-electron chi connectivity index (χ4n) is 0.695. The smallest absolute Gasteiger partial charge is 0.320 e. The summed E-state index contributed by atoms with van der Waals surface area (Å²) in [6.45, 7) is 5.52. The van der Waals surface area contributed by atoms with Crippen LogP contribution in [-0.4, -0.2) is 28.3 Å². The lowest BCUT2D eigenvalue weighted by molar-refractivity contribution is -0.139. The zero-order chi connectivity index (χ0) is 9.94. The average molecular weight is 212 g/mol. The Morgan fingerprint density at radius 3 is 2.08 bits per heavy atom. The van der Waals surface area contributed by atoms with Crippen LogP contribution in [0, 0.1) is 5.41 Å².